The third kappa shape index (κ3) is 3.04. The van der Waals surface area contributed by atoms with Gasteiger partial charge in [-0.3, -0.25) is 0 Å². The van der Waals surface area contributed by atoms with Crippen molar-refractivity contribution in [2.24, 2.45) is 0 Å². The molecule has 1 unspecified atom stereocenters. The van der Waals surface area contributed by atoms with E-state index in [4.69, 9.17) is 0 Å². The second kappa shape index (κ2) is 3.37. The normalized spacial score (nSPS) is 18.7. The largest absolute Gasteiger partial charge is 0.387 e. The van der Waals surface area contributed by atoms with E-state index in [0.717, 1.165) is 0 Å². The van der Waals surface area contributed by atoms with E-state index in [1.54, 1.807) is 20.8 Å². The number of hydrogen-bond donors (Lipinski definition) is 2. The van der Waals surface area contributed by atoms with E-state index in [0.29, 0.717) is 6.42 Å². The predicted octanol–water partition coefficient (Wildman–Crippen LogP) is 1.47. The molecule has 1 atom stereocenters. The van der Waals surface area contributed by atoms with Gasteiger partial charge < -0.3 is 10.2 Å². The van der Waals surface area contributed by atoms with Gasteiger partial charge in [0.05, 0.1) is 11.2 Å². The highest BCUT2D eigenvalue weighted by Crippen LogP contribution is 2.24. The molecule has 0 aliphatic heterocycles. The van der Waals surface area contributed by atoms with Crippen molar-refractivity contribution in [2.75, 3.05) is 0 Å². The molecule has 0 saturated carbocycles. The molecule has 0 aliphatic carbocycles. The Labute approximate surface area is 68.6 Å². The SMILES string of the molecule is C/C=C/CC(C)(O)C(C)(C)O. The molecule has 11 heavy (non-hydrogen) atoms. The lowest BCUT2D eigenvalue weighted by atomic mass is 9.85. The Morgan fingerprint density at radius 3 is 1.91 bits per heavy atom. The fourth-order valence-electron chi connectivity index (χ4n) is 0.597. The molecule has 0 saturated heterocycles. The molecule has 0 rings (SSSR count). The summed E-state index contributed by atoms with van der Waals surface area (Å²) in [5, 5.41) is 19.2. The molecule has 0 aromatic rings. The average molecular weight is 158 g/mol. The summed E-state index contributed by atoms with van der Waals surface area (Å²) in [5.74, 6) is 0. The van der Waals surface area contributed by atoms with Crippen LogP contribution in [0.1, 0.15) is 34.1 Å². The zero-order valence-corrected chi connectivity index (χ0v) is 7.76. The summed E-state index contributed by atoms with van der Waals surface area (Å²) in [5.41, 5.74) is -2.09. The van der Waals surface area contributed by atoms with Crippen LogP contribution in [0.3, 0.4) is 0 Å². The van der Waals surface area contributed by atoms with Crippen LogP contribution < -0.4 is 0 Å². The standard InChI is InChI=1S/C9H18O2/c1-5-6-7-9(4,11)8(2,3)10/h5-6,10-11H,7H2,1-4H3/b6-5+. The van der Waals surface area contributed by atoms with Crippen molar-refractivity contribution in [3.8, 4) is 0 Å². The monoisotopic (exact) mass is 158 g/mol. The van der Waals surface area contributed by atoms with E-state index in [1.165, 1.54) is 0 Å². The van der Waals surface area contributed by atoms with Gasteiger partial charge >= 0.3 is 0 Å². The van der Waals surface area contributed by atoms with E-state index < -0.39 is 11.2 Å². The molecule has 0 heterocycles. The quantitative estimate of drug-likeness (QED) is 0.611. The molecule has 0 fully saturated rings. The van der Waals surface area contributed by atoms with Gasteiger partial charge in [-0.15, -0.1) is 0 Å². The Morgan fingerprint density at radius 1 is 1.18 bits per heavy atom. The Kier molecular flexibility index (Phi) is 3.27. The van der Waals surface area contributed by atoms with Gasteiger partial charge in [-0.1, -0.05) is 12.2 Å². The molecule has 0 aromatic carbocycles. The first-order valence-corrected chi connectivity index (χ1v) is 3.87. The molecular weight excluding hydrogens is 140 g/mol. The van der Waals surface area contributed by atoms with Crippen LogP contribution in [0.4, 0.5) is 0 Å². The fourth-order valence-corrected chi connectivity index (χ4v) is 0.597. The maximum absolute atomic E-state index is 9.68. The number of aliphatic hydroxyl groups is 2. The summed E-state index contributed by atoms with van der Waals surface area (Å²) in [6, 6.07) is 0. The predicted molar refractivity (Wildman–Crippen MR) is 46.4 cm³/mol. The molecule has 2 nitrogen and oxygen atoms in total. The van der Waals surface area contributed by atoms with Gasteiger partial charge in [0.1, 0.15) is 0 Å². The van der Waals surface area contributed by atoms with Crippen molar-refractivity contribution in [2.45, 2.75) is 45.3 Å². The lowest BCUT2D eigenvalue weighted by molar-refractivity contribution is -0.117. The first-order valence-electron chi connectivity index (χ1n) is 3.87. The third-order valence-corrected chi connectivity index (χ3v) is 2.07. The number of rotatable bonds is 3. The fraction of sp³-hybridized carbons (Fsp3) is 0.778. The zero-order chi connectivity index (χ0) is 9.12. The Balaban J connectivity index is 4.22. The molecule has 0 spiro atoms. The van der Waals surface area contributed by atoms with Crippen LogP contribution in [0.2, 0.25) is 0 Å². The second-order valence-corrected chi connectivity index (χ2v) is 3.61. The first kappa shape index (κ1) is 10.7. The molecule has 66 valence electrons. The lowest BCUT2D eigenvalue weighted by Crippen LogP contribution is -2.47. The number of hydrogen-bond acceptors (Lipinski definition) is 2. The van der Waals surface area contributed by atoms with Gasteiger partial charge in [0.2, 0.25) is 0 Å². The summed E-state index contributed by atoms with van der Waals surface area (Å²) >= 11 is 0. The van der Waals surface area contributed by atoms with Gasteiger partial charge in [0.25, 0.3) is 0 Å². The maximum Gasteiger partial charge on any atom is 0.0934 e. The van der Waals surface area contributed by atoms with E-state index in [-0.39, 0.29) is 0 Å². The molecule has 0 bridgehead atoms. The van der Waals surface area contributed by atoms with Crippen LogP contribution in [0.25, 0.3) is 0 Å². The number of allylic oxidation sites excluding steroid dienone is 1. The highest BCUT2D eigenvalue weighted by Gasteiger charge is 2.35. The topological polar surface area (TPSA) is 40.5 Å². The van der Waals surface area contributed by atoms with Crippen molar-refractivity contribution >= 4 is 0 Å². The van der Waals surface area contributed by atoms with E-state index in [1.807, 2.05) is 19.1 Å². The molecule has 0 radical (unpaired) electrons. The maximum atomic E-state index is 9.68. The molecule has 2 N–H and O–H groups in total. The highest BCUT2D eigenvalue weighted by atomic mass is 16.3. The Morgan fingerprint density at radius 2 is 1.64 bits per heavy atom. The molecular formula is C9H18O2. The average Bonchev–Trinajstić information content (AvgIpc) is 1.81. The van der Waals surface area contributed by atoms with Crippen LogP contribution in [0, 0.1) is 0 Å². The van der Waals surface area contributed by atoms with Crippen molar-refractivity contribution < 1.29 is 10.2 Å². The summed E-state index contributed by atoms with van der Waals surface area (Å²) in [6.07, 6.45) is 4.19. The Hall–Kier alpha value is -0.340. The van der Waals surface area contributed by atoms with E-state index in [2.05, 4.69) is 0 Å². The molecule has 0 aromatic heterocycles. The smallest absolute Gasteiger partial charge is 0.0934 e. The van der Waals surface area contributed by atoms with Gasteiger partial charge in [-0.2, -0.15) is 0 Å². The van der Waals surface area contributed by atoms with Crippen molar-refractivity contribution in [3.63, 3.8) is 0 Å². The second-order valence-electron chi connectivity index (χ2n) is 3.61. The van der Waals surface area contributed by atoms with Crippen LogP contribution in [-0.4, -0.2) is 21.4 Å². The summed E-state index contributed by atoms with van der Waals surface area (Å²) in [7, 11) is 0. The van der Waals surface area contributed by atoms with Crippen molar-refractivity contribution in [1.82, 2.24) is 0 Å². The van der Waals surface area contributed by atoms with E-state index in [9.17, 15) is 10.2 Å². The molecule has 0 aliphatic rings. The Bertz CT molecular complexity index is 140. The summed E-state index contributed by atoms with van der Waals surface area (Å²) < 4.78 is 0. The van der Waals surface area contributed by atoms with Gasteiger partial charge in [0.15, 0.2) is 0 Å². The van der Waals surface area contributed by atoms with Gasteiger partial charge in [-0.25, -0.2) is 0 Å². The third-order valence-electron chi connectivity index (χ3n) is 2.07. The van der Waals surface area contributed by atoms with Crippen molar-refractivity contribution in [3.05, 3.63) is 12.2 Å². The van der Waals surface area contributed by atoms with Crippen LogP contribution in [-0.2, 0) is 0 Å². The van der Waals surface area contributed by atoms with Crippen LogP contribution in [0.5, 0.6) is 0 Å². The summed E-state index contributed by atoms with van der Waals surface area (Å²) in [4.78, 5) is 0. The van der Waals surface area contributed by atoms with Gasteiger partial charge in [-0.05, 0) is 34.1 Å². The lowest BCUT2D eigenvalue weighted by Gasteiger charge is -2.34. The molecule has 0 amide bonds. The minimum Gasteiger partial charge on any atom is -0.387 e. The molecule has 2 heteroatoms. The van der Waals surface area contributed by atoms with Gasteiger partial charge in [0, 0.05) is 0 Å². The van der Waals surface area contributed by atoms with Crippen LogP contribution >= 0.6 is 0 Å². The van der Waals surface area contributed by atoms with E-state index >= 15 is 0 Å². The first-order chi connectivity index (χ1) is 4.81. The summed E-state index contributed by atoms with van der Waals surface area (Å²) in [6.45, 7) is 6.74. The minimum atomic E-state index is -1.05. The van der Waals surface area contributed by atoms with Crippen LogP contribution in [0.15, 0.2) is 12.2 Å². The van der Waals surface area contributed by atoms with Crippen molar-refractivity contribution in [1.29, 1.82) is 0 Å². The zero-order valence-electron chi connectivity index (χ0n) is 7.76. The highest BCUT2D eigenvalue weighted by molar-refractivity contribution is 4.96. The minimum absolute atomic E-state index is 0.479.